The topological polar surface area (TPSA) is 46.2 Å². The highest BCUT2D eigenvalue weighted by Crippen LogP contribution is 2.39. The van der Waals surface area contributed by atoms with Gasteiger partial charge in [0, 0.05) is 16.2 Å². The quantitative estimate of drug-likeness (QED) is 0.878. The molecule has 4 heteroatoms. The number of Topliss-reactive ketones (excluding diaryl/α,β-unsaturated/α-hetero) is 1. The van der Waals surface area contributed by atoms with Crippen LogP contribution in [0.5, 0.6) is 0 Å². The summed E-state index contributed by atoms with van der Waals surface area (Å²) in [5.74, 6) is 0.479. The van der Waals surface area contributed by atoms with Gasteiger partial charge in [-0.2, -0.15) is 0 Å². The molecule has 106 valence electrons. The summed E-state index contributed by atoms with van der Waals surface area (Å²) in [6.07, 6.45) is 0. The Morgan fingerprint density at radius 3 is 2.62 bits per heavy atom. The van der Waals surface area contributed by atoms with Gasteiger partial charge in [0.25, 0.3) is 0 Å². The summed E-state index contributed by atoms with van der Waals surface area (Å²) in [4.78, 5) is 25.3. The molecule has 21 heavy (non-hydrogen) atoms. The number of carbonyl (C=O) groups excluding carboxylic acids is 2. The third-order valence-corrected chi connectivity index (χ3v) is 4.76. The van der Waals surface area contributed by atoms with E-state index in [0.717, 1.165) is 16.2 Å². The molecule has 0 aromatic heterocycles. The summed E-state index contributed by atoms with van der Waals surface area (Å²) in [5, 5.41) is 2.90. The molecule has 1 atom stereocenters. The monoisotopic (exact) mass is 297 g/mol. The van der Waals surface area contributed by atoms with Gasteiger partial charge >= 0.3 is 0 Å². The second-order valence-corrected chi connectivity index (χ2v) is 6.05. The Morgan fingerprint density at radius 1 is 1.10 bits per heavy atom. The third-order valence-electron chi connectivity index (χ3n) is 3.58. The molecule has 3 nitrogen and oxygen atoms in total. The van der Waals surface area contributed by atoms with E-state index in [4.69, 9.17) is 0 Å². The lowest BCUT2D eigenvalue weighted by atomic mass is 10.00. The predicted molar refractivity (Wildman–Crippen MR) is 85.0 cm³/mol. The van der Waals surface area contributed by atoms with Crippen LogP contribution >= 0.6 is 11.8 Å². The summed E-state index contributed by atoms with van der Waals surface area (Å²) in [6, 6.07) is 15.1. The molecule has 2 aromatic carbocycles. The number of thioether (sulfide) groups is 1. The number of para-hydroxylation sites is 1. The van der Waals surface area contributed by atoms with Crippen LogP contribution in [-0.2, 0) is 4.79 Å². The van der Waals surface area contributed by atoms with E-state index in [9.17, 15) is 9.59 Å². The van der Waals surface area contributed by atoms with Crippen molar-refractivity contribution in [2.75, 3.05) is 11.1 Å². The van der Waals surface area contributed by atoms with Crippen molar-refractivity contribution in [1.82, 2.24) is 0 Å². The van der Waals surface area contributed by atoms with Crippen LogP contribution in [0.3, 0.4) is 0 Å². The number of rotatable bonds is 3. The van der Waals surface area contributed by atoms with Gasteiger partial charge in [-0.15, -0.1) is 11.8 Å². The van der Waals surface area contributed by atoms with Crippen molar-refractivity contribution < 1.29 is 9.59 Å². The Kier molecular flexibility index (Phi) is 3.80. The van der Waals surface area contributed by atoms with Gasteiger partial charge in [0.2, 0.25) is 5.91 Å². The van der Waals surface area contributed by atoms with Crippen molar-refractivity contribution in [1.29, 1.82) is 0 Å². The van der Waals surface area contributed by atoms with Crippen molar-refractivity contribution in [2.45, 2.75) is 17.7 Å². The summed E-state index contributed by atoms with van der Waals surface area (Å²) >= 11 is 1.70. The Morgan fingerprint density at radius 2 is 1.81 bits per heavy atom. The summed E-state index contributed by atoms with van der Waals surface area (Å²) in [6.45, 7) is 1.51. The molecule has 1 aliphatic rings. The van der Waals surface area contributed by atoms with Crippen LogP contribution in [0.15, 0.2) is 53.4 Å². The number of fused-ring (bicyclic) bond motifs is 1. The number of hydrogen-bond acceptors (Lipinski definition) is 3. The fourth-order valence-corrected chi connectivity index (χ4v) is 3.73. The number of benzene rings is 2. The van der Waals surface area contributed by atoms with E-state index in [1.807, 2.05) is 30.3 Å². The standard InChI is InChI=1S/C17H15NO2S/c1-11(19)12-6-2-4-8-15(12)18-17(20)14-10-21-16-9-5-3-7-13(14)16/h2-9,14H,10H2,1H3,(H,18,20). The SMILES string of the molecule is CC(=O)c1ccccc1NC(=O)C1CSc2ccccc21. The van der Waals surface area contributed by atoms with E-state index in [2.05, 4.69) is 5.32 Å². The fourth-order valence-electron chi connectivity index (χ4n) is 2.50. The molecule has 1 unspecified atom stereocenters. The Labute approximate surface area is 127 Å². The first-order valence-corrected chi connectivity index (χ1v) is 7.78. The van der Waals surface area contributed by atoms with Gasteiger partial charge in [0.05, 0.1) is 11.6 Å². The Bertz CT molecular complexity index is 711. The molecule has 1 heterocycles. The van der Waals surface area contributed by atoms with Gasteiger partial charge in [-0.25, -0.2) is 0 Å². The number of amides is 1. The molecule has 1 aliphatic heterocycles. The molecule has 0 radical (unpaired) electrons. The zero-order chi connectivity index (χ0) is 14.8. The predicted octanol–water partition coefficient (Wildman–Crippen LogP) is 3.72. The van der Waals surface area contributed by atoms with Crippen molar-refractivity contribution in [3.05, 3.63) is 59.7 Å². The number of carbonyl (C=O) groups is 2. The second kappa shape index (κ2) is 5.74. The first kappa shape index (κ1) is 13.9. The molecular formula is C17H15NO2S. The van der Waals surface area contributed by atoms with Crippen molar-refractivity contribution >= 4 is 29.1 Å². The largest absolute Gasteiger partial charge is 0.325 e. The van der Waals surface area contributed by atoms with Crippen LogP contribution in [0.1, 0.15) is 28.8 Å². The lowest BCUT2D eigenvalue weighted by Gasteiger charge is -2.13. The number of hydrogen-bond donors (Lipinski definition) is 1. The molecule has 0 fully saturated rings. The molecule has 0 saturated heterocycles. The van der Waals surface area contributed by atoms with Crippen LogP contribution in [0, 0.1) is 0 Å². The van der Waals surface area contributed by atoms with Crippen molar-refractivity contribution in [3.63, 3.8) is 0 Å². The van der Waals surface area contributed by atoms with Gasteiger partial charge in [-0.05, 0) is 30.7 Å². The molecule has 0 spiro atoms. The van der Waals surface area contributed by atoms with Crippen LogP contribution in [0.2, 0.25) is 0 Å². The summed E-state index contributed by atoms with van der Waals surface area (Å²) < 4.78 is 0. The van der Waals surface area contributed by atoms with E-state index in [1.54, 1.807) is 30.0 Å². The smallest absolute Gasteiger partial charge is 0.232 e. The van der Waals surface area contributed by atoms with Gasteiger partial charge in [-0.1, -0.05) is 30.3 Å². The van der Waals surface area contributed by atoms with Crippen LogP contribution < -0.4 is 5.32 Å². The first-order valence-electron chi connectivity index (χ1n) is 6.79. The molecule has 1 amide bonds. The highest BCUT2D eigenvalue weighted by atomic mass is 32.2. The van der Waals surface area contributed by atoms with Gasteiger partial charge < -0.3 is 5.32 Å². The highest BCUT2D eigenvalue weighted by molar-refractivity contribution is 7.99. The molecule has 2 aromatic rings. The minimum absolute atomic E-state index is 0.0490. The minimum atomic E-state index is -0.161. The van der Waals surface area contributed by atoms with Crippen molar-refractivity contribution in [3.8, 4) is 0 Å². The molecule has 0 saturated carbocycles. The van der Waals surface area contributed by atoms with E-state index in [1.165, 1.54) is 6.92 Å². The molecule has 0 bridgehead atoms. The van der Waals surface area contributed by atoms with E-state index < -0.39 is 0 Å². The Balaban J connectivity index is 1.84. The maximum Gasteiger partial charge on any atom is 0.232 e. The third kappa shape index (κ3) is 2.72. The zero-order valence-corrected chi connectivity index (χ0v) is 12.4. The van der Waals surface area contributed by atoms with Gasteiger partial charge in [-0.3, -0.25) is 9.59 Å². The Hall–Kier alpha value is -2.07. The number of ketones is 1. The fraction of sp³-hybridized carbons (Fsp3) is 0.176. The lowest BCUT2D eigenvalue weighted by molar-refractivity contribution is -0.117. The van der Waals surface area contributed by atoms with E-state index in [0.29, 0.717) is 11.3 Å². The maximum absolute atomic E-state index is 12.5. The maximum atomic E-state index is 12.5. The first-order chi connectivity index (χ1) is 10.2. The summed E-state index contributed by atoms with van der Waals surface area (Å²) in [7, 11) is 0. The van der Waals surface area contributed by atoms with Crippen LogP contribution in [0.25, 0.3) is 0 Å². The summed E-state index contributed by atoms with van der Waals surface area (Å²) in [5.41, 5.74) is 2.20. The zero-order valence-electron chi connectivity index (χ0n) is 11.6. The minimum Gasteiger partial charge on any atom is -0.325 e. The van der Waals surface area contributed by atoms with E-state index in [-0.39, 0.29) is 17.6 Å². The van der Waals surface area contributed by atoms with Crippen molar-refractivity contribution in [2.24, 2.45) is 0 Å². The van der Waals surface area contributed by atoms with E-state index >= 15 is 0 Å². The molecular weight excluding hydrogens is 282 g/mol. The number of anilines is 1. The van der Waals surface area contributed by atoms with Crippen LogP contribution in [-0.4, -0.2) is 17.4 Å². The average molecular weight is 297 g/mol. The number of nitrogens with one attached hydrogen (secondary N) is 1. The highest BCUT2D eigenvalue weighted by Gasteiger charge is 2.29. The molecule has 0 aliphatic carbocycles. The lowest BCUT2D eigenvalue weighted by Crippen LogP contribution is -2.22. The van der Waals surface area contributed by atoms with Gasteiger partial charge in [0.1, 0.15) is 0 Å². The second-order valence-electron chi connectivity index (χ2n) is 4.99. The average Bonchev–Trinajstić information content (AvgIpc) is 2.91. The van der Waals surface area contributed by atoms with Crippen LogP contribution in [0.4, 0.5) is 5.69 Å². The normalized spacial score (nSPS) is 16.3. The van der Waals surface area contributed by atoms with Gasteiger partial charge in [0.15, 0.2) is 5.78 Å². The molecule has 3 rings (SSSR count). The molecule has 1 N–H and O–H groups in total.